The highest BCUT2D eigenvalue weighted by Crippen LogP contribution is 2.34. The number of nitrogens with one attached hydrogen (secondary N) is 1. The van der Waals surface area contributed by atoms with Crippen LogP contribution in [-0.4, -0.2) is 13.2 Å². The van der Waals surface area contributed by atoms with E-state index >= 15 is 0 Å². The Kier molecular flexibility index (Phi) is 5.02. The Labute approximate surface area is 122 Å². The number of rotatable bonds is 6. The number of hydrogen-bond donors (Lipinski definition) is 1. The molecule has 0 aromatic heterocycles. The van der Waals surface area contributed by atoms with Crippen LogP contribution in [0.5, 0.6) is 5.75 Å². The van der Waals surface area contributed by atoms with Gasteiger partial charge in [0.05, 0.1) is 6.10 Å². The number of hydrogen-bond acceptors (Lipinski definition) is 2. The van der Waals surface area contributed by atoms with Crippen molar-refractivity contribution in [3.8, 4) is 5.75 Å². The lowest BCUT2D eigenvalue weighted by Crippen LogP contribution is -2.18. The van der Waals surface area contributed by atoms with Gasteiger partial charge in [0, 0.05) is 17.0 Å². The largest absolute Gasteiger partial charge is 0.489 e. The molecule has 0 aliphatic heterocycles. The summed E-state index contributed by atoms with van der Waals surface area (Å²) < 4.78 is 6.34. The van der Waals surface area contributed by atoms with Gasteiger partial charge in [0.1, 0.15) is 5.75 Å². The molecule has 2 rings (SSSR count). The monoisotopic (exact) mass is 271 g/mol. The molecule has 1 atom stereocenters. The van der Waals surface area contributed by atoms with Crippen molar-refractivity contribution in [1.82, 2.24) is 5.32 Å². The van der Waals surface area contributed by atoms with Crippen LogP contribution in [0.2, 0.25) is 0 Å². The molecular weight excluding hydrogens is 246 g/mol. The van der Waals surface area contributed by atoms with E-state index in [4.69, 9.17) is 4.74 Å². The second-order valence-electron chi connectivity index (χ2n) is 5.27. The zero-order valence-corrected chi connectivity index (χ0v) is 12.9. The van der Waals surface area contributed by atoms with Crippen LogP contribution in [0.1, 0.15) is 45.2 Å². The summed E-state index contributed by atoms with van der Waals surface area (Å²) in [4.78, 5) is 0. The van der Waals surface area contributed by atoms with Gasteiger partial charge in [0.2, 0.25) is 0 Å². The molecule has 0 aliphatic carbocycles. The van der Waals surface area contributed by atoms with Gasteiger partial charge in [-0.15, -0.1) is 0 Å². The molecule has 0 saturated heterocycles. The third-order valence-electron chi connectivity index (χ3n) is 4.00. The molecule has 108 valence electrons. The molecule has 20 heavy (non-hydrogen) atoms. The normalized spacial score (nSPS) is 12.8. The summed E-state index contributed by atoms with van der Waals surface area (Å²) >= 11 is 0. The molecular formula is C18H25NO. The van der Waals surface area contributed by atoms with Gasteiger partial charge in [0.25, 0.3) is 0 Å². The van der Waals surface area contributed by atoms with Crippen molar-refractivity contribution in [2.45, 2.75) is 45.8 Å². The predicted octanol–water partition coefficient (Wildman–Crippen LogP) is 4.69. The van der Waals surface area contributed by atoms with Crippen LogP contribution in [0, 0.1) is 0 Å². The van der Waals surface area contributed by atoms with Gasteiger partial charge < -0.3 is 10.1 Å². The van der Waals surface area contributed by atoms with Crippen LogP contribution < -0.4 is 10.1 Å². The minimum atomic E-state index is 0.281. The molecule has 1 N–H and O–H groups in total. The third-order valence-corrected chi connectivity index (χ3v) is 4.00. The lowest BCUT2D eigenvalue weighted by molar-refractivity contribution is 0.192. The molecule has 0 saturated carbocycles. The zero-order valence-electron chi connectivity index (χ0n) is 12.9. The van der Waals surface area contributed by atoms with Crippen molar-refractivity contribution in [3.63, 3.8) is 0 Å². The van der Waals surface area contributed by atoms with E-state index in [1.54, 1.807) is 0 Å². The second-order valence-corrected chi connectivity index (χ2v) is 5.27. The molecule has 2 heteroatoms. The van der Waals surface area contributed by atoms with E-state index in [9.17, 15) is 0 Å². The van der Waals surface area contributed by atoms with E-state index in [1.165, 1.54) is 16.3 Å². The van der Waals surface area contributed by atoms with Crippen LogP contribution in [-0.2, 0) is 0 Å². The maximum absolute atomic E-state index is 6.34. The molecule has 2 nitrogen and oxygen atoms in total. The molecule has 0 aliphatic rings. The SMILES string of the molecule is CCC(CC)Oc1c(C(C)NC)ccc2ccccc12. The summed E-state index contributed by atoms with van der Waals surface area (Å²) in [5.41, 5.74) is 1.23. The fourth-order valence-electron chi connectivity index (χ4n) is 2.51. The van der Waals surface area contributed by atoms with Crippen molar-refractivity contribution in [2.75, 3.05) is 7.05 Å². The van der Waals surface area contributed by atoms with Gasteiger partial charge in [-0.05, 0) is 32.2 Å². The Balaban J connectivity index is 2.55. The Morgan fingerprint density at radius 1 is 1.05 bits per heavy atom. The standard InChI is InChI=1S/C18H25NO/c1-5-15(6-2)20-18-16(13(3)19-4)12-11-14-9-7-8-10-17(14)18/h7-13,15,19H,5-6H2,1-4H3. The highest BCUT2D eigenvalue weighted by Gasteiger charge is 2.16. The highest BCUT2D eigenvalue weighted by atomic mass is 16.5. The Hall–Kier alpha value is -1.54. The second kappa shape index (κ2) is 6.76. The summed E-state index contributed by atoms with van der Waals surface area (Å²) in [5.74, 6) is 1.04. The molecule has 0 fully saturated rings. The van der Waals surface area contributed by atoms with E-state index < -0.39 is 0 Å². The minimum Gasteiger partial charge on any atom is -0.489 e. The molecule has 0 amide bonds. The summed E-state index contributed by atoms with van der Waals surface area (Å²) in [6, 6.07) is 13.1. The van der Waals surface area contributed by atoms with E-state index in [1.807, 2.05) is 7.05 Å². The Morgan fingerprint density at radius 2 is 1.75 bits per heavy atom. The van der Waals surface area contributed by atoms with Crippen molar-refractivity contribution in [3.05, 3.63) is 42.0 Å². The maximum atomic E-state index is 6.34. The minimum absolute atomic E-state index is 0.281. The van der Waals surface area contributed by atoms with Crippen LogP contribution in [0.25, 0.3) is 10.8 Å². The van der Waals surface area contributed by atoms with E-state index in [0.717, 1.165) is 18.6 Å². The van der Waals surface area contributed by atoms with Crippen LogP contribution in [0.15, 0.2) is 36.4 Å². The average Bonchev–Trinajstić information content (AvgIpc) is 2.51. The van der Waals surface area contributed by atoms with E-state index in [2.05, 4.69) is 62.5 Å². The molecule has 0 spiro atoms. The summed E-state index contributed by atoms with van der Waals surface area (Å²) in [7, 11) is 1.99. The van der Waals surface area contributed by atoms with Gasteiger partial charge in [-0.3, -0.25) is 0 Å². The third kappa shape index (κ3) is 2.96. The predicted molar refractivity (Wildman–Crippen MR) is 86.4 cm³/mol. The molecule has 2 aromatic rings. The highest BCUT2D eigenvalue weighted by molar-refractivity contribution is 5.89. The topological polar surface area (TPSA) is 21.3 Å². The molecule has 1 unspecified atom stereocenters. The molecule has 0 radical (unpaired) electrons. The number of ether oxygens (including phenoxy) is 1. The lowest BCUT2D eigenvalue weighted by atomic mass is 10.0. The zero-order chi connectivity index (χ0) is 14.5. The first-order valence-electron chi connectivity index (χ1n) is 7.56. The average molecular weight is 271 g/mol. The van der Waals surface area contributed by atoms with Crippen molar-refractivity contribution in [1.29, 1.82) is 0 Å². The van der Waals surface area contributed by atoms with Gasteiger partial charge in [-0.1, -0.05) is 50.2 Å². The fraction of sp³-hybridized carbons (Fsp3) is 0.444. The van der Waals surface area contributed by atoms with Crippen LogP contribution in [0.3, 0.4) is 0 Å². The number of fused-ring (bicyclic) bond motifs is 1. The lowest BCUT2D eigenvalue weighted by Gasteiger charge is -2.23. The summed E-state index contributed by atoms with van der Waals surface area (Å²) in [6.45, 7) is 6.53. The first-order valence-corrected chi connectivity index (χ1v) is 7.56. The maximum Gasteiger partial charge on any atom is 0.132 e. The fourth-order valence-corrected chi connectivity index (χ4v) is 2.51. The van der Waals surface area contributed by atoms with Crippen LogP contribution in [0.4, 0.5) is 0 Å². The number of benzene rings is 2. The van der Waals surface area contributed by atoms with Gasteiger partial charge in [-0.2, -0.15) is 0 Å². The summed E-state index contributed by atoms with van der Waals surface area (Å²) in [6.07, 6.45) is 2.35. The smallest absolute Gasteiger partial charge is 0.132 e. The van der Waals surface area contributed by atoms with Gasteiger partial charge in [0.15, 0.2) is 0 Å². The molecule has 2 aromatic carbocycles. The first kappa shape index (κ1) is 14.9. The molecule has 0 heterocycles. The van der Waals surface area contributed by atoms with Crippen molar-refractivity contribution >= 4 is 10.8 Å². The summed E-state index contributed by atoms with van der Waals surface area (Å²) in [5, 5.41) is 5.76. The Morgan fingerprint density at radius 3 is 2.40 bits per heavy atom. The molecule has 0 bridgehead atoms. The van der Waals surface area contributed by atoms with Crippen molar-refractivity contribution < 1.29 is 4.74 Å². The van der Waals surface area contributed by atoms with Crippen LogP contribution >= 0.6 is 0 Å². The van der Waals surface area contributed by atoms with Crippen molar-refractivity contribution in [2.24, 2.45) is 0 Å². The first-order chi connectivity index (χ1) is 9.71. The Bertz CT molecular complexity index is 560. The van der Waals surface area contributed by atoms with Gasteiger partial charge in [-0.25, -0.2) is 0 Å². The quantitative estimate of drug-likeness (QED) is 0.823. The van der Waals surface area contributed by atoms with E-state index in [-0.39, 0.29) is 12.1 Å². The van der Waals surface area contributed by atoms with Gasteiger partial charge >= 0.3 is 0 Å². The van der Waals surface area contributed by atoms with E-state index in [0.29, 0.717) is 0 Å².